The smallest absolute Gasteiger partial charge is 0.0697 e. The summed E-state index contributed by atoms with van der Waals surface area (Å²) in [5.74, 6) is 0. The number of rotatable bonds is 3. The SMILES string of the molecule is CCC1CNCC(CC)(CC)CO1. The summed E-state index contributed by atoms with van der Waals surface area (Å²) in [6, 6.07) is 0. The Kier molecular flexibility index (Phi) is 4.20. The molecule has 0 saturated carbocycles. The molecule has 0 bridgehead atoms. The molecule has 1 N–H and O–H groups in total. The number of ether oxygens (including phenoxy) is 1. The highest BCUT2D eigenvalue weighted by atomic mass is 16.5. The van der Waals surface area contributed by atoms with E-state index in [1.807, 2.05) is 0 Å². The zero-order chi connectivity index (χ0) is 9.73. The molecule has 1 rings (SSSR count). The lowest BCUT2D eigenvalue weighted by Gasteiger charge is -2.29. The van der Waals surface area contributed by atoms with Crippen LogP contribution in [-0.4, -0.2) is 25.8 Å². The van der Waals surface area contributed by atoms with E-state index >= 15 is 0 Å². The molecule has 1 heterocycles. The first-order valence-electron chi connectivity index (χ1n) is 5.58. The van der Waals surface area contributed by atoms with Crippen molar-refractivity contribution < 1.29 is 4.74 Å². The van der Waals surface area contributed by atoms with Gasteiger partial charge in [0.1, 0.15) is 0 Å². The van der Waals surface area contributed by atoms with Gasteiger partial charge < -0.3 is 10.1 Å². The van der Waals surface area contributed by atoms with Gasteiger partial charge in [0.05, 0.1) is 12.7 Å². The fraction of sp³-hybridized carbons (Fsp3) is 1.00. The molecule has 78 valence electrons. The van der Waals surface area contributed by atoms with E-state index in [0.29, 0.717) is 11.5 Å². The average Bonchev–Trinajstić information content (AvgIpc) is 2.40. The van der Waals surface area contributed by atoms with E-state index in [-0.39, 0.29) is 0 Å². The van der Waals surface area contributed by atoms with Crippen LogP contribution in [0.5, 0.6) is 0 Å². The highest BCUT2D eigenvalue weighted by molar-refractivity contribution is 4.82. The molecule has 0 spiro atoms. The Bertz CT molecular complexity index is 143. The van der Waals surface area contributed by atoms with Crippen LogP contribution in [0.2, 0.25) is 0 Å². The zero-order valence-electron chi connectivity index (χ0n) is 9.23. The van der Waals surface area contributed by atoms with E-state index < -0.39 is 0 Å². The maximum absolute atomic E-state index is 5.89. The zero-order valence-corrected chi connectivity index (χ0v) is 9.23. The van der Waals surface area contributed by atoms with Crippen molar-refractivity contribution in [3.63, 3.8) is 0 Å². The number of hydrogen-bond acceptors (Lipinski definition) is 2. The van der Waals surface area contributed by atoms with Crippen molar-refractivity contribution >= 4 is 0 Å². The van der Waals surface area contributed by atoms with Crippen molar-refractivity contribution in [2.24, 2.45) is 5.41 Å². The third-order valence-corrected chi connectivity index (χ3v) is 3.45. The van der Waals surface area contributed by atoms with E-state index in [1.54, 1.807) is 0 Å². The van der Waals surface area contributed by atoms with E-state index in [4.69, 9.17) is 4.74 Å². The van der Waals surface area contributed by atoms with E-state index in [9.17, 15) is 0 Å². The second kappa shape index (κ2) is 4.97. The second-order valence-corrected chi connectivity index (χ2v) is 4.18. The van der Waals surface area contributed by atoms with Crippen LogP contribution in [0.4, 0.5) is 0 Å². The highest BCUT2D eigenvalue weighted by Gasteiger charge is 2.29. The predicted molar refractivity (Wildman–Crippen MR) is 55.9 cm³/mol. The van der Waals surface area contributed by atoms with Crippen LogP contribution >= 0.6 is 0 Å². The monoisotopic (exact) mass is 185 g/mol. The molecule has 1 saturated heterocycles. The molecule has 0 aromatic carbocycles. The first kappa shape index (κ1) is 11.0. The summed E-state index contributed by atoms with van der Waals surface area (Å²) in [6.07, 6.45) is 3.98. The molecule has 0 radical (unpaired) electrons. The van der Waals surface area contributed by atoms with Crippen molar-refractivity contribution in [3.8, 4) is 0 Å². The summed E-state index contributed by atoms with van der Waals surface area (Å²) >= 11 is 0. The van der Waals surface area contributed by atoms with Gasteiger partial charge in [0.25, 0.3) is 0 Å². The Morgan fingerprint density at radius 1 is 1.31 bits per heavy atom. The Labute approximate surface area is 82.0 Å². The highest BCUT2D eigenvalue weighted by Crippen LogP contribution is 2.28. The summed E-state index contributed by atoms with van der Waals surface area (Å²) in [5.41, 5.74) is 0.393. The first-order valence-corrected chi connectivity index (χ1v) is 5.58. The number of nitrogens with one attached hydrogen (secondary N) is 1. The van der Waals surface area contributed by atoms with Crippen LogP contribution in [0.25, 0.3) is 0 Å². The summed E-state index contributed by atoms with van der Waals surface area (Å²) in [4.78, 5) is 0. The van der Waals surface area contributed by atoms with Crippen molar-refractivity contribution in [2.45, 2.75) is 46.1 Å². The van der Waals surface area contributed by atoms with Gasteiger partial charge in [-0.05, 0) is 19.3 Å². The van der Waals surface area contributed by atoms with Crippen LogP contribution < -0.4 is 5.32 Å². The quantitative estimate of drug-likeness (QED) is 0.727. The lowest BCUT2D eigenvalue weighted by Crippen LogP contribution is -2.34. The van der Waals surface area contributed by atoms with Gasteiger partial charge in [-0.25, -0.2) is 0 Å². The molecule has 0 aromatic heterocycles. The summed E-state index contributed by atoms with van der Waals surface area (Å²) in [7, 11) is 0. The van der Waals surface area contributed by atoms with Gasteiger partial charge >= 0.3 is 0 Å². The minimum Gasteiger partial charge on any atom is -0.376 e. The fourth-order valence-electron chi connectivity index (χ4n) is 1.87. The third-order valence-electron chi connectivity index (χ3n) is 3.45. The standard InChI is InChI=1S/C11H23NO/c1-4-10-7-12-8-11(5-2,6-3)9-13-10/h10,12H,4-9H2,1-3H3. The van der Waals surface area contributed by atoms with E-state index in [1.165, 1.54) is 12.8 Å². The minimum atomic E-state index is 0.393. The predicted octanol–water partition coefficient (Wildman–Crippen LogP) is 2.19. The molecule has 1 unspecified atom stereocenters. The number of hydrogen-bond donors (Lipinski definition) is 1. The van der Waals surface area contributed by atoms with Gasteiger partial charge in [-0.15, -0.1) is 0 Å². The van der Waals surface area contributed by atoms with Crippen molar-refractivity contribution in [1.82, 2.24) is 5.32 Å². The topological polar surface area (TPSA) is 21.3 Å². The molecule has 2 heteroatoms. The van der Waals surface area contributed by atoms with Crippen molar-refractivity contribution in [1.29, 1.82) is 0 Å². The molecule has 1 atom stereocenters. The van der Waals surface area contributed by atoms with Gasteiger partial charge in [-0.3, -0.25) is 0 Å². The molecular weight excluding hydrogens is 162 g/mol. The Balaban J connectivity index is 2.51. The Morgan fingerprint density at radius 2 is 2.00 bits per heavy atom. The lowest BCUT2D eigenvalue weighted by atomic mass is 9.83. The van der Waals surface area contributed by atoms with Crippen LogP contribution in [0, 0.1) is 5.41 Å². The molecular formula is C11H23NO. The van der Waals surface area contributed by atoms with E-state index in [2.05, 4.69) is 26.1 Å². The molecule has 1 aliphatic rings. The van der Waals surface area contributed by atoms with Crippen molar-refractivity contribution in [2.75, 3.05) is 19.7 Å². The van der Waals surface area contributed by atoms with Crippen LogP contribution in [0.3, 0.4) is 0 Å². The van der Waals surface area contributed by atoms with Gasteiger partial charge in [0.2, 0.25) is 0 Å². The average molecular weight is 185 g/mol. The van der Waals surface area contributed by atoms with Crippen LogP contribution in [0.15, 0.2) is 0 Å². The van der Waals surface area contributed by atoms with Gasteiger partial charge in [-0.2, -0.15) is 0 Å². The second-order valence-electron chi connectivity index (χ2n) is 4.18. The normalized spacial score (nSPS) is 28.4. The van der Waals surface area contributed by atoms with Gasteiger partial charge in [0, 0.05) is 18.5 Å². The molecule has 0 aromatic rings. The molecule has 1 fully saturated rings. The largest absolute Gasteiger partial charge is 0.376 e. The molecule has 1 aliphatic heterocycles. The van der Waals surface area contributed by atoms with Gasteiger partial charge in [-0.1, -0.05) is 20.8 Å². The Hall–Kier alpha value is -0.0800. The lowest BCUT2D eigenvalue weighted by molar-refractivity contribution is 0.00985. The maximum Gasteiger partial charge on any atom is 0.0697 e. The summed E-state index contributed by atoms with van der Waals surface area (Å²) in [5, 5.41) is 3.52. The summed E-state index contributed by atoms with van der Waals surface area (Å²) in [6.45, 7) is 9.80. The van der Waals surface area contributed by atoms with Crippen LogP contribution in [-0.2, 0) is 4.74 Å². The fourth-order valence-corrected chi connectivity index (χ4v) is 1.87. The molecule has 0 amide bonds. The summed E-state index contributed by atoms with van der Waals surface area (Å²) < 4.78 is 5.89. The maximum atomic E-state index is 5.89. The van der Waals surface area contributed by atoms with E-state index in [0.717, 1.165) is 26.1 Å². The molecule has 13 heavy (non-hydrogen) atoms. The van der Waals surface area contributed by atoms with Crippen molar-refractivity contribution in [3.05, 3.63) is 0 Å². The minimum absolute atomic E-state index is 0.393. The third kappa shape index (κ3) is 2.68. The first-order chi connectivity index (χ1) is 6.26. The van der Waals surface area contributed by atoms with Crippen LogP contribution in [0.1, 0.15) is 40.0 Å². The molecule has 0 aliphatic carbocycles. The Morgan fingerprint density at radius 3 is 2.54 bits per heavy atom. The molecule has 2 nitrogen and oxygen atoms in total. The van der Waals surface area contributed by atoms with Gasteiger partial charge in [0.15, 0.2) is 0 Å².